The fraction of sp³-hybridized carbons (Fsp3) is 0.429. The van der Waals surface area contributed by atoms with Crippen LogP contribution < -0.4 is 5.32 Å². The van der Waals surface area contributed by atoms with E-state index in [2.05, 4.69) is 39.2 Å². The average molecular weight is 639 g/mol. The van der Waals surface area contributed by atoms with E-state index in [1.165, 1.54) is 0 Å². The normalized spacial score (nSPS) is 13.6. The largest absolute Gasteiger partial charge is 0.478 e. The molecule has 0 heterocycles. The average Bonchev–Trinajstić information content (AvgIpc) is 2.92. The number of carboxylic acid groups (broad SMARTS) is 1. The standard InChI is InChI=1S/C35H47ClN2O5Si/c1-24(22-37-30-15-11-12-27(21-30)25-16-18-26(19-17-25)32(39)40)38(33(41)42-34(2,3)4)23-31(28-13-10-14-29(36)20-28)43-44(8,9)35(5,6)7/h10-21,24,31,37H,22-23H2,1-9H3,(H,39,40). The summed E-state index contributed by atoms with van der Waals surface area (Å²) < 4.78 is 12.8. The summed E-state index contributed by atoms with van der Waals surface area (Å²) in [5.41, 5.74) is 3.23. The summed E-state index contributed by atoms with van der Waals surface area (Å²) in [6.07, 6.45) is -0.813. The molecule has 0 aliphatic carbocycles. The number of hydrogen-bond acceptors (Lipinski definition) is 5. The Morgan fingerprint density at radius 3 is 2.14 bits per heavy atom. The first-order valence-electron chi connectivity index (χ1n) is 15.0. The van der Waals surface area contributed by atoms with Crippen LogP contribution in [0.5, 0.6) is 0 Å². The first-order valence-corrected chi connectivity index (χ1v) is 18.3. The molecule has 0 bridgehead atoms. The highest BCUT2D eigenvalue weighted by Gasteiger charge is 2.41. The van der Waals surface area contributed by atoms with Gasteiger partial charge in [0, 0.05) is 23.3 Å². The predicted octanol–water partition coefficient (Wildman–Crippen LogP) is 9.51. The zero-order valence-electron chi connectivity index (χ0n) is 27.4. The number of nitrogens with zero attached hydrogens (tertiary/aromatic N) is 1. The van der Waals surface area contributed by atoms with E-state index in [0.717, 1.165) is 22.4 Å². The van der Waals surface area contributed by atoms with E-state index in [-0.39, 0.29) is 16.6 Å². The molecule has 238 valence electrons. The SMILES string of the molecule is CC(CNc1cccc(-c2ccc(C(=O)O)cc2)c1)N(CC(O[Si](C)(C)C(C)(C)C)c1cccc(Cl)c1)C(=O)OC(C)(C)C. The number of aromatic carboxylic acids is 1. The van der Waals surface area contributed by atoms with Crippen LogP contribution in [-0.4, -0.2) is 55.1 Å². The second-order valence-electron chi connectivity index (χ2n) is 13.7. The van der Waals surface area contributed by atoms with Crippen molar-refractivity contribution < 1.29 is 23.9 Å². The van der Waals surface area contributed by atoms with E-state index < -0.39 is 32.1 Å². The van der Waals surface area contributed by atoms with Crippen LogP contribution in [0.15, 0.2) is 72.8 Å². The van der Waals surface area contributed by atoms with Crippen LogP contribution in [0.2, 0.25) is 23.2 Å². The van der Waals surface area contributed by atoms with E-state index in [0.29, 0.717) is 18.1 Å². The van der Waals surface area contributed by atoms with Crippen LogP contribution in [0.3, 0.4) is 0 Å². The molecule has 2 atom stereocenters. The van der Waals surface area contributed by atoms with E-state index in [4.69, 9.17) is 20.8 Å². The smallest absolute Gasteiger partial charge is 0.410 e. The lowest BCUT2D eigenvalue weighted by Crippen LogP contribution is -2.49. The molecule has 2 N–H and O–H groups in total. The number of carboxylic acids is 1. The first-order chi connectivity index (χ1) is 20.4. The van der Waals surface area contributed by atoms with Crippen molar-refractivity contribution in [2.24, 2.45) is 0 Å². The van der Waals surface area contributed by atoms with Gasteiger partial charge in [0.05, 0.1) is 18.2 Å². The second-order valence-corrected chi connectivity index (χ2v) is 18.9. The molecule has 0 saturated carbocycles. The third-order valence-electron chi connectivity index (χ3n) is 7.92. The molecule has 7 nitrogen and oxygen atoms in total. The lowest BCUT2D eigenvalue weighted by molar-refractivity contribution is 0.00798. The first kappa shape index (κ1) is 35.1. The molecule has 0 aromatic heterocycles. The molecule has 0 spiro atoms. The Kier molecular flexibility index (Phi) is 11.3. The minimum absolute atomic E-state index is 0.0350. The number of carbonyl (C=O) groups excluding carboxylic acids is 1. The van der Waals surface area contributed by atoms with Gasteiger partial charge < -0.3 is 24.5 Å². The van der Waals surface area contributed by atoms with Gasteiger partial charge in [-0.05, 0) is 98.9 Å². The number of amides is 1. The predicted molar refractivity (Wildman–Crippen MR) is 182 cm³/mol. The van der Waals surface area contributed by atoms with Gasteiger partial charge in [-0.15, -0.1) is 0 Å². The maximum Gasteiger partial charge on any atom is 0.410 e. The lowest BCUT2D eigenvalue weighted by atomic mass is 10.0. The fourth-order valence-electron chi connectivity index (χ4n) is 4.37. The fourth-order valence-corrected chi connectivity index (χ4v) is 5.85. The Balaban J connectivity index is 1.88. The third kappa shape index (κ3) is 9.84. The van der Waals surface area contributed by atoms with Crippen molar-refractivity contribution in [1.82, 2.24) is 4.90 Å². The molecule has 44 heavy (non-hydrogen) atoms. The van der Waals surface area contributed by atoms with Crippen molar-refractivity contribution in [3.8, 4) is 11.1 Å². The van der Waals surface area contributed by atoms with Crippen LogP contribution >= 0.6 is 11.6 Å². The number of anilines is 1. The van der Waals surface area contributed by atoms with Gasteiger partial charge in [0.2, 0.25) is 0 Å². The second kappa shape index (κ2) is 14.2. The van der Waals surface area contributed by atoms with Gasteiger partial charge in [0.25, 0.3) is 0 Å². The molecule has 0 aliphatic heterocycles. The number of halogens is 1. The van der Waals surface area contributed by atoms with Crippen molar-refractivity contribution in [2.45, 2.75) is 84.3 Å². The van der Waals surface area contributed by atoms with E-state index >= 15 is 0 Å². The number of benzene rings is 3. The van der Waals surface area contributed by atoms with Crippen LogP contribution in [0.4, 0.5) is 10.5 Å². The third-order valence-corrected chi connectivity index (χ3v) is 12.6. The highest BCUT2D eigenvalue weighted by atomic mass is 35.5. The molecule has 0 saturated heterocycles. The molecule has 9 heteroatoms. The summed E-state index contributed by atoms with van der Waals surface area (Å²) in [6.45, 7) is 19.3. The Hall–Kier alpha value is -3.33. The van der Waals surface area contributed by atoms with Gasteiger partial charge in [-0.3, -0.25) is 0 Å². The molecule has 3 rings (SSSR count). The van der Waals surface area contributed by atoms with Crippen molar-refractivity contribution >= 4 is 37.7 Å². The molecule has 0 fully saturated rings. The van der Waals surface area contributed by atoms with Gasteiger partial charge in [-0.25, -0.2) is 9.59 Å². The summed E-state index contributed by atoms with van der Waals surface area (Å²) in [5, 5.41) is 13.3. The number of rotatable bonds is 11. The van der Waals surface area contributed by atoms with Crippen LogP contribution in [0.1, 0.15) is 70.5 Å². The number of nitrogens with one attached hydrogen (secondary N) is 1. The Morgan fingerprint density at radius 1 is 0.932 bits per heavy atom. The van der Waals surface area contributed by atoms with Crippen LogP contribution in [-0.2, 0) is 9.16 Å². The van der Waals surface area contributed by atoms with Crippen molar-refractivity contribution in [1.29, 1.82) is 0 Å². The van der Waals surface area contributed by atoms with Gasteiger partial charge in [0.1, 0.15) is 5.60 Å². The molecule has 0 aliphatic rings. The van der Waals surface area contributed by atoms with Gasteiger partial charge in [-0.2, -0.15) is 0 Å². The van der Waals surface area contributed by atoms with E-state index in [1.807, 2.05) is 76.2 Å². The molecular weight excluding hydrogens is 592 g/mol. The topological polar surface area (TPSA) is 88.1 Å². The minimum Gasteiger partial charge on any atom is -0.478 e. The maximum absolute atomic E-state index is 13.7. The minimum atomic E-state index is -2.24. The number of carbonyl (C=O) groups is 2. The quantitative estimate of drug-likeness (QED) is 0.203. The molecule has 3 aromatic rings. The van der Waals surface area contributed by atoms with Gasteiger partial charge in [-0.1, -0.05) is 68.8 Å². The summed E-state index contributed by atoms with van der Waals surface area (Å²) in [6, 6.07) is 22.1. The Morgan fingerprint density at radius 2 is 1.57 bits per heavy atom. The maximum atomic E-state index is 13.7. The van der Waals surface area contributed by atoms with Crippen LogP contribution in [0.25, 0.3) is 11.1 Å². The summed E-state index contributed by atoms with van der Waals surface area (Å²) in [7, 11) is -2.24. The molecular formula is C35H47ClN2O5Si. The zero-order chi connectivity index (χ0) is 32.9. The van der Waals surface area contributed by atoms with E-state index in [1.54, 1.807) is 29.2 Å². The molecule has 2 unspecified atom stereocenters. The monoisotopic (exact) mass is 638 g/mol. The Labute approximate surface area is 268 Å². The summed E-state index contributed by atoms with van der Waals surface area (Å²) in [5.74, 6) is -0.956. The lowest BCUT2D eigenvalue weighted by Gasteiger charge is -2.41. The zero-order valence-corrected chi connectivity index (χ0v) is 29.2. The summed E-state index contributed by atoms with van der Waals surface area (Å²) in [4.78, 5) is 26.7. The van der Waals surface area contributed by atoms with Crippen molar-refractivity contribution in [3.63, 3.8) is 0 Å². The number of hydrogen-bond donors (Lipinski definition) is 2. The highest BCUT2D eigenvalue weighted by molar-refractivity contribution is 6.74. The van der Waals surface area contributed by atoms with Gasteiger partial charge >= 0.3 is 12.1 Å². The van der Waals surface area contributed by atoms with Crippen molar-refractivity contribution in [2.75, 3.05) is 18.4 Å². The molecule has 1 amide bonds. The van der Waals surface area contributed by atoms with Crippen molar-refractivity contribution in [3.05, 3.63) is 88.9 Å². The van der Waals surface area contributed by atoms with Crippen LogP contribution in [0, 0.1) is 0 Å². The van der Waals surface area contributed by atoms with Gasteiger partial charge in [0.15, 0.2) is 8.32 Å². The molecule has 3 aromatic carbocycles. The van der Waals surface area contributed by atoms with E-state index in [9.17, 15) is 14.7 Å². The highest BCUT2D eigenvalue weighted by Crippen LogP contribution is 2.40. The number of ether oxygens (including phenoxy) is 1. The Bertz CT molecular complexity index is 1430. The molecule has 0 radical (unpaired) electrons. The summed E-state index contributed by atoms with van der Waals surface area (Å²) >= 11 is 6.41.